The highest BCUT2D eigenvalue weighted by atomic mass is 28.4. The van der Waals surface area contributed by atoms with Gasteiger partial charge in [-0.15, -0.1) is 0 Å². The molecule has 2 saturated heterocycles. The van der Waals surface area contributed by atoms with Crippen molar-refractivity contribution in [2.75, 3.05) is 53.7 Å². The fourth-order valence-corrected chi connectivity index (χ4v) is 8.75. The van der Waals surface area contributed by atoms with Crippen molar-refractivity contribution in [3.63, 3.8) is 0 Å². The number of Topliss-reactive ketones (excluding diaryl/α,β-unsaturated/α-hetero) is 2. The first-order chi connectivity index (χ1) is 29.2. The second-order valence-electron chi connectivity index (χ2n) is 19.1. The second kappa shape index (κ2) is 20.3. The molecular weight excluding hydrogens is 853 g/mol. The monoisotopic (exact) mass is 916 g/mol. The predicted molar refractivity (Wildman–Crippen MR) is 239 cm³/mol. The van der Waals surface area contributed by atoms with Gasteiger partial charge in [-0.05, 0) is 55.5 Å². The molecule has 2 aromatic rings. The molecule has 2 aromatic carbocycles. The average molecular weight is 917 g/mol. The number of likely N-dealkylation sites (tertiary alicyclic amines) is 2. The summed E-state index contributed by atoms with van der Waals surface area (Å²) >= 11 is 0. The number of nitro benzene ring substituents is 2. The molecule has 0 aromatic heterocycles. The molecule has 18 nitrogen and oxygen atoms in total. The molecular formula is C43H64N4O14Si2. The molecule has 0 saturated carbocycles. The quantitative estimate of drug-likeness (QED) is 0.0537. The number of nitrogens with zero attached hydrogens (tertiary/aromatic N) is 4. The third kappa shape index (κ3) is 12.2. The minimum Gasteiger partial charge on any atom is -0.493 e. The molecule has 0 spiro atoms. The summed E-state index contributed by atoms with van der Waals surface area (Å²) < 4.78 is 35.3. The van der Waals surface area contributed by atoms with Crippen molar-refractivity contribution in [1.82, 2.24) is 9.80 Å². The number of nitro groups is 2. The van der Waals surface area contributed by atoms with Gasteiger partial charge >= 0.3 is 0 Å². The highest BCUT2D eigenvalue weighted by Gasteiger charge is 2.44. The third-order valence-corrected chi connectivity index (χ3v) is 21.6. The van der Waals surface area contributed by atoms with Crippen LogP contribution in [0.1, 0.15) is 94.4 Å². The Labute approximate surface area is 371 Å². The SMILES string of the molecule is COc1cc(C(=O)N2CC(=O)C[C@H]2CO[Si](C)(C)C(C)(C)C)c([N+](=O)[O-])cc1OCCCCCOc1cc([N+](=O)[O-])c(C(=O)N2CC(=O)C[C@H]2CO[Si](C)(C)C(C)(C)C)cc1OC. The standard InChI is InChI=1S/C43H64N4O14Si2/c1-42(2,3)62(9,10)60-26-28-18-30(48)24-44(28)40(50)32-20-36(56-7)38(22-34(32)46(52)53)58-16-14-13-15-17-59-39-23-35(47(54)55)33(21-37(39)57-8)41(51)45-25-31(49)19-29(45)27-61-63(11,12)43(4,5)6/h20-23,28-29H,13-19,24-27H2,1-12H3/t28-,29-/m0/s1. The van der Waals surface area contributed by atoms with Crippen molar-refractivity contribution in [2.24, 2.45) is 0 Å². The number of ketones is 2. The van der Waals surface area contributed by atoms with Crippen LogP contribution in [0.2, 0.25) is 36.3 Å². The predicted octanol–water partition coefficient (Wildman–Crippen LogP) is 7.76. The fraction of sp³-hybridized carbons (Fsp3) is 0.628. The number of benzene rings is 2. The van der Waals surface area contributed by atoms with Gasteiger partial charge in [-0.3, -0.25) is 39.4 Å². The molecule has 2 aliphatic heterocycles. The van der Waals surface area contributed by atoms with Crippen LogP contribution in [0.5, 0.6) is 23.0 Å². The first-order valence-electron chi connectivity index (χ1n) is 21.1. The summed E-state index contributed by atoms with van der Waals surface area (Å²) in [6.07, 6.45) is 1.70. The van der Waals surface area contributed by atoms with E-state index in [4.69, 9.17) is 27.8 Å². The molecule has 2 heterocycles. The van der Waals surface area contributed by atoms with Gasteiger partial charge in [0.25, 0.3) is 23.2 Å². The van der Waals surface area contributed by atoms with Crippen LogP contribution in [0, 0.1) is 20.2 Å². The smallest absolute Gasteiger partial charge is 0.286 e. The lowest BCUT2D eigenvalue weighted by Crippen LogP contribution is -2.46. The number of hydrogen-bond donors (Lipinski definition) is 0. The van der Waals surface area contributed by atoms with Crippen molar-refractivity contribution >= 4 is 51.4 Å². The number of methoxy groups -OCH3 is 2. The van der Waals surface area contributed by atoms with E-state index >= 15 is 0 Å². The van der Waals surface area contributed by atoms with Crippen LogP contribution in [0.3, 0.4) is 0 Å². The lowest BCUT2D eigenvalue weighted by molar-refractivity contribution is -0.385. The molecule has 348 valence electrons. The number of carbonyl (C=O) groups excluding carboxylic acids is 4. The Kier molecular flexibility index (Phi) is 16.3. The molecule has 2 atom stereocenters. The molecule has 2 amide bonds. The van der Waals surface area contributed by atoms with E-state index in [0.717, 1.165) is 12.1 Å². The number of amides is 2. The van der Waals surface area contributed by atoms with Crippen molar-refractivity contribution in [2.45, 2.75) is 122 Å². The van der Waals surface area contributed by atoms with Crippen LogP contribution in [0.25, 0.3) is 0 Å². The van der Waals surface area contributed by atoms with E-state index in [2.05, 4.69) is 67.7 Å². The summed E-state index contributed by atoms with van der Waals surface area (Å²) in [4.78, 5) is 78.6. The number of rotatable bonds is 20. The number of ether oxygens (including phenoxy) is 4. The Balaban J connectivity index is 1.38. The van der Waals surface area contributed by atoms with Gasteiger partial charge in [0, 0.05) is 25.0 Å². The zero-order valence-electron chi connectivity index (χ0n) is 38.7. The molecule has 2 fully saturated rings. The molecule has 0 bridgehead atoms. The summed E-state index contributed by atoms with van der Waals surface area (Å²) in [5, 5.41) is 24.3. The topological polar surface area (TPSA) is 216 Å². The van der Waals surface area contributed by atoms with Crippen molar-refractivity contribution in [3.8, 4) is 23.0 Å². The minimum absolute atomic E-state index is 0.0618. The van der Waals surface area contributed by atoms with Crippen LogP contribution in [0.15, 0.2) is 24.3 Å². The van der Waals surface area contributed by atoms with E-state index in [1.807, 2.05) is 0 Å². The van der Waals surface area contributed by atoms with Gasteiger partial charge in [0.15, 0.2) is 51.2 Å². The Bertz CT molecular complexity index is 1920. The Morgan fingerprint density at radius 3 is 1.29 bits per heavy atom. The van der Waals surface area contributed by atoms with E-state index in [9.17, 15) is 39.4 Å². The van der Waals surface area contributed by atoms with Gasteiger partial charge in [0.05, 0.1) is 87.8 Å². The number of hydrogen-bond acceptors (Lipinski definition) is 14. The summed E-state index contributed by atoms with van der Waals surface area (Å²) in [5.41, 5.74) is -1.45. The second-order valence-corrected chi connectivity index (χ2v) is 28.7. The number of unbranched alkanes of at least 4 members (excludes halogenated alkanes) is 2. The lowest BCUT2D eigenvalue weighted by Gasteiger charge is -2.37. The Morgan fingerprint density at radius 1 is 0.635 bits per heavy atom. The van der Waals surface area contributed by atoms with Gasteiger partial charge in [-0.1, -0.05) is 41.5 Å². The van der Waals surface area contributed by atoms with Gasteiger partial charge in [-0.25, -0.2) is 0 Å². The maximum Gasteiger partial charge on any atom is 0.286 e. The van der Waals surface area contributed by atoms with E-state index in [1.54, 1.807) is 0 Å². The summed E-state index contributed by atoms with van der Waals surface area (Å²) in [6, 6.07) is 3.68. The van der Waals surface area contributed by atoms with Gasteiger partial charge in [0.1, 0.15) is 11.1 Å². The summed E-state index contributed by atoms with van der Waals surface area (Å²) in [5.74, 6) is -1.34. The first-order valence-corrected chi connectivity index (χ1v) is 27.0. The van der Waals surface area contributed by atoms with Crippen LogP contribution >= 0.6 is 0 Å². The van der Waals surface area contributed by atoms with Crippen LogP contribution in [0.4, 0.5) is 11.4 Å². The van der Waals surface area contributed by atoms with E-state index in [0.29, 0.717) is 19.3 Å². The summed E-state index contributed by atoms with van der Waals surface area (Å²) in [6.45, 7) is 21.0. The van der Waals surface area contributed by atoms with Gasteiger partial charge in [0.2, 0.25) is 0 Å². The minimum atomic E-state index is -2.21. The first kappa shape index (κ1) is 50.7. The lowest BCUT2D eigenvalue weighted by atomic mass is 10.1. The molecule has 0 N–H and O–H groups in total. The molecule has 0 radical (unpaired) electrons. The largest absolute Gasteiger partial charge is 0.493 e. The van der Waals surface area contributed by atoms with Crippen LogP contribution in [-0.4, -0.2) is 125 Å². The molecule has 2 aliphatic rings. The molecule has 0 aliphatic carbocycles. The molecule has 20 heteroatoms. The van der Waals surface area contributed by atoms with E-state index in [1.165, 1.54) is 36.2 Å². The highest BCUT2D eigenvalue weighted by Crippen LogP contribution is 2.41. The van der Waals surface area contributed by atoms with Crippen molar-refractivity contribution in [1.29, 1.82) is 0 Å². The third-order valence-electron chi connectivity index (χ3n) is 12.6. The maximum atomic E-state index is 13.8. The zero-order chi connectivity index (χ0) is 47.2. The van der Waals surface area contributed by atoms with Crippen molar-refractivity contribution < 1.29 is 56.8 Å². The highest BCUT2D eigenvalue weighted by molar-refractivity contribution is 6.74. The maximum absolute atomic E-state index is 13.8. The van der Waals surface area contributed by atoms with Crippen LogP contribution < -0.4 is 18.9 Å². The average Bonchev–Trinajstić information content (AvgIpc) is 3.77. The number of carbonyl (C=O) groups is 4. The Morgan fingerprint density at radius 2 is 0.984 bits per heavy atom. The van der Waals surface area contributed by atoms with E-state index < -0.39 is 61.8 Å². The van der Waals surface area contributed by atoms with Crippen molar-refractivity contribution in [3.05, 3.63) is 55.6 Å². The zero-order valence-corrected chi connectivity index (χ0v) is 40.7. The van der Waals surface area contributed by atoms with Gasteiger partial charge < -0.3 is 37.6 Å². The normalized spacial score (nSPS) is 17.3. The molecule has 63 heavy (non-hydrogen) atoms. The van der Waals surface area contributed by atoms with Crippen LogP contribution in [-0.2, 0) is 18.4 Å². The molecule has 4 rings (SSSR count). The Hall–Kier alpha value is -4.93. The summed E-state index contributed by atoms with van der Waals surface area (Å²) in [7, 11) is -1.72. The fourth-order valence-electron chi connectivity index (χ4n) is 6.67. The van der Waals surface area contributed by atoms with Gasteiger partial charge in [-0.2, -0.15) is 0 Å². The van der Waals surface area contributed by atoms with E-state index in [-0.39, 0.29) is 108 Å². The molecule has 0 unspecified atom stereocenters.